The molecule has 1 unspecified atom stereocenters. The van der Waals surface area contributed by atoms with Gasteiger partial charge < -0.3 is 20.3 Å². The number of carbonyl (C=O) groups excluding carboxylic acids is 1. The second-order valence-corrected chi connectivity index (χ2v) is 8.11. The van der Waals surface area contributed by atoms with Crippen molar-refractivity contribution >= 4 is 35.8 Å². The summed E-state index contributed by atoms with van der Waals surface area (Å²) in [4.78, 5) is 19.2. The lowest BCUT2D eigenvalue weighted by Gasteiger charge is -2.32. The van der Waals surface area contributed by atoms with Crippen molar-refractivity contribution in [3.63, 3.8) is 0 Å². The fourth-order valence-electron chi connectivity index (χ4n) is 3.53. The Morgan fingerprint density at radius 1 is 1.17 bits per heavy atom. The molecule has 30 heavy (non-hydrogen) atoms. The van der Waals surface area contributed by atoms with Crippen molar-refractivity contribution in [3.8, 4) is 0 Å². The highest BCUT2D eigenvalue weighted by Crippen LogP contribution is 2.23. The van der Waals surface area contributed by atoms with E-state index in [1.54, 1.807) is 14.1 Å². The van der Waals surface area contributed by atoms with E-state index < -0.39 is 12.7 Å². The van der Waals surface area contributed by atoms with Gasteiger partial charge in [-0.15, -0.1) is 24.0 Å². The monoisotopic (exact) mass is 549 g/mol. The fraction of sp³-hybridized carbons (Fsp3) is 0.895. The van der Waals surface area contributed by atoms with Crippen molar-refractivity contribution in [2.45, 2.75) is 31.9 Å². The number of likely N-dealkylation sites (N-methyl/N-ethyl adjacent to an activating group) is 1. The van der Waals surface area contributed by atoms with E-state index in [2.05, 4.69) is 15.6 Å². The molecule has 0 spiro atoms. The minimum Gasteiger partial charge on any atom is -0.381 e. The van der Waals surface area contributed by atoms with Gasteiger partial charge in [-0.25, -0.2) is 4.99 Å². The third-order valence-corrected chi connectivity index (χ3v) is 5.41. The Kier molecular flexibility index (Phi) is 12.3. The van der Waals surface area contributed by atoms with Crippen LogP contribution in [-0.2, 0) is 9.53 Å². The number of alkyl halides is 3. The maximum Gasteiger partial charge on any atom is 0.401 e. The maximum absolute atomic E-state index is 12.5. The van der Waals surface area contributed by atoms with Crippen molar-refractivity contribution in [2.75, 3.05) is 66.6 Å². The minimum atomic E-state index is -4.13. The van der Waals surface area contributed by atoms with Gasteiger partial charge in [-0.3, -0.25) is 9.69 Å². The van der Waals surface area contributed by atoms with E-state index in [0.717, 1.165) is 45.4 Å². The zero-order chi connectivity index (χ0) is 21.3. The van der Waals surface area contributed by atoms with Gasteiger partial charge in [0.05, 0.1) is 13.2 Å². The lowest BCUT2D eigenvalue weighted by molar-refractivity contribution is -0.148. The maximum atomic E-state index is 12.5. The molecule has 2 N–H and O–H groups in total. The predicted octanol–water partition coefficient (Wildman–Crippen LogP) is 1.93. The summed E-state index contributed by atoms with van der Waals surface area (Å²) in [7, 11) is 3.39. The van der Waals surface area contributed by atoms with E-state index in [1.807, 2.05) is 0 Å². The molecule has 0 saturated carbocycles. The molecule has 7 nitrogen and oxygen atoms in total. The van der Waals surface area contributed by atoms with Gasteiger partial charge in [-0.05, 0) is 44.7 Å². The first kappa shape index (κ1) is 27.2. The second-order valence-electron chi connectivity index (χ2n) is 8.11. The molecule has 1 atom stereocenters. The molecule has 0 radical (unpaired) electrons. The molecule has 0 aliphatic carbocycles. The van der Waals surface area contributed by atoms with Crippen LogP contribution in [0.2, 0.25) is 0 Å². The summed E-state index contributed by atoms with van der Waals surface area (Å²) in [5.41, 5.74) is 0. The van der Waals surface area contributed by atoms with Gasteiger partial charge in [-0.2, -0.15) is 13.2 Å². The zero-order valence-electron chi connectivity index (χ0n) is 17.8. The Bertz CT molecular complexity index is 535. The van der Waals surface area contributed by atoms with Crippen LogP contribution in [0.1, 0.15) is 25.7 Å². The van der Waals surface area contributed by atoms with Gasteiger partial charge >= 0.3 is 6.18 Å². The molecule has 11 heteroatoms. The van der Waals surface area contributed by atoms with Crippen LogP contribution in [0.5, 0.6) is 0 Å². The van der Waals surface area contributed by atoms with E-state index >= 15 is 0 Å². The largest absolute Gasteiger partial charge is 0.401 e. The summed E-state index contributed by atoms with van der Waals surface area (Å²) in [5.74, 6) is 1.36. The molecular formula is C19H35F3IN5O2. The fourth-order valence-corrected chi connectivity index (χ4v) is 3.53. The van der Waals surface area contributed by atoms with E-state index in [-0.39, 0.29) is 36.4 Å². The number of ether oxygens (including phenoxy) is 1. The molecule has 0 aromatic heterocycles. The lowest BCUT2D eigenvalue weighted by atomic mass is 9.93. The van der Waals surface area contributed by atoms with Gasteiger partial charge in [0.25, 0.3) is 0 Å². The molecule has 176 valence electrons. The third kappa shape index (κ3) is 11.0. The Labute approximate surface area is 194 Å². The molecule has 2 fully saturated rings. The SMILES string of the molecule is CN(C)C(=O)CN=C(NCCC1CCN(CC(F)(F)F)CC1)NCC1CCOC1.I. The Morgan fingerprint density at radius 2 is 1.87 bits per heavy atom. The quantitative estimate of drug-likeness (QED) is 0.275. The number of hydrogen-bond acceptors (Lipinski definition) is 4. The van der Waals surface area contributed by atoms with Crippen molar-refractivity contribution in [1.29, 1.82) is 0 Å². The van der Waals surface area contributed by atoms with E-state index in [1.165, 1.54) is 9.80 Å². The second kappa shape index (κ2) is 13.6. The van der Waals surface area contributed by atoms with Gasteiger partial charge in [0.15, 0.2) is 5.96 Å². The first-order valence-corrected chi connectivity index (χ1v) is 10.3. The molecule has 0 bridgehead atoms. The first-order chi connectivity index (χ1) is 13.7. The third-order valence-electron chi connectivity index (χ3n) is 5.41. The highest BCUT2D eigenvalue weighted by atomic mass is 127. The smallest absolute Gasteiger partial charge is 0.381 e. The number of aliphatic imine (C=N–C) groups is 1. The number of likely N-dealkylation sites (tertiary alicyclic amines) is 1. The molecule has 2 rings (SSSR count). The number of halogens is 4. The van der Waals surface area contributed by atoms with E-state index in [0.29, 0.717) is 37.4 Å². The highest BCUT2D eigenvalue weighted by molar-refractivity contribution is 14.0. The summed E-state index contributed by atoms with van der Waals surface area (Å²) >= 11 is 0. The number of guanidine groups is 1. The molecule has 2 saturated heterocycles. The van der Waals surface area contributed by atoms with Crippen LogP contribution in [-0.4, -0.2) is 94.4 Å². The van der Waals surface area contributed by atoms with Gasteiger partial charge in [0, 0.05) is 39.7 Å². The number of carbonyl (C=O) groups is 1. The van der Waals surface area contributed by atoms with E-state index in [4.69, 9.17) is 4.74 Å². The van der Waals surface area contributed by atoms with Crippen molar-refractivity contribution in [3.05, 3.63) is 0 Å². The minimum absolute atomic E-state index is 0. The zero-order valence-corrected chi connectivity index (χ0v) is 20.2. The Morgan fingerprint density at radius 3 is 2.43 bits per heavy atom. The standard InChI is InChI=1S/C19H34F3N5O2.HI/c1-26(2)17(28)12-25-18(24-11-16-6-10-29-13-16)23-7-3-15-4-8-27(9-5-15)14-19(20,21)22;/h15-16H,3-14H2,1-2H3,(H2,23,24,25);1H. The number of piperidine rings is 1. The van der Waals surface area contributed by atoms with Crippen molar-refractivity contribution in [1.82, 2.24) is 20.4 Å². The summed E-state index contributed by atoms with van der Waals surface area (Å²) in [6, 6.07) is 0. The van der Waals surface area contributed by atoms with Crippen molar-refractivity contribution in [2.24, 2.45) is 16.8 Å². The number of hydrogen-bond donors (Lipinski definition) is 2. The number of rotatable bonds is 8. The predicted molar refractivity (Wildman–Crippen MR) is 121 cm³/mol. The normalized spacial score (nSPS) is 21.2. The van der Waals surface area contributed by atoms with Crippen LogP contribution in [0.25, 0.3) is 0 Å². The summed E-state index contributed by atoms with van der Waals surface area (Å²) in [6.07, 6.45) is -0.700. The first-order valence-electron chi connectivity index (χ1n) is 10.3. The average Bonchev–Trinajstić information content (AvgIpc) is 3.16. The molecule has 0 aromatic rings. The number of amides is 1. The van der Waals surface area contributed by atoms with Crippen LogP contribution >= 0.6 is 24.0 Å². The number of nitrogens with zero attached hydrogens (tertiary/aromatic N) is 3. The number of nitrogens with one attached hydrogen (secondary N) is 2. The van der Waals surface area contributed by atoms with Gasteiger partial charge in [0.1, 0.15) is 6.54 Å². The molecular weight excluding hydrogens is 514 g/mol. The lowest BCUT2D eigenvalue weighted by Crippen LogP contribution is -2.43. The molecule has 0 aromatic carbocycles. The van der Waals surface area contributed by atoms with Crippen LogP contribution in [0.15, 0.2) is 4.99 Å². The molecule has 2 aliphatic rings. The van der Waals surface area contributed by atoms with Crippen LogP contribution in [0.3, 0.4) is 0 Å². The van der Waals surface area contributed by atoms with E-state index in [9.17, 15) is 18.0 Å². The average molecular weight is 549 g/mol. The summed E-state index contributed by atoms with van der Waals surface area (Å²) in [6.45, 7) is 3.14. The van der Waals surface area contributed by atoms with Crippen LogP contribution < -0.4 is 10.6 Å². The molecule has 2 aliphatic heterocycles. The van der Waals surface area contributed by atoms with Crippen molar-refractivity contribution < 1.29 is 22.7 Å². The Balaban J connectivity index is 0.00000450. The molecule has 2 heterocycles. The van der Waals surface area contributed by atoms with Gasteiger partial charge in [0.2, 0.25) is 5.91 Å². The Hall–Kier alpha value is -0.820. The summed E-state index contributed by atoms with van der Waals surface area (Å²) in [5, 5.41) is 6.55. The highest BCUT2D eigenvalue weighted by Gasteiger charge is 2.32. The van der Waals surface area contributed by atoms with Gasteiger partial charge in [-0.1, -0.05) is 0 Å². The van der Waals surface area contributed by atoms with Crippen LogP contribution in [0, 0.1) is 11.8 Å². The molecule has 1 amide bonds. The van der Waals surface area contributed by atoms with Crippen LogP contribution in [0.4, 0.5) is 13.2 Å². The summed E-state index contributed by atoms with van der Waals surface area (Å²) < 4.78 is 42.8. The topological polar surface area (TPSA) is 69.2 Å².